The first-order valence-electron chi connectivity index (χ1n) is 5.97. The molecule has 0 saturated heterocycles. The third-order valence-electron chi connectivity index (χ3n) is 2.86. The molecule has 16 heavy (non-hydrogen) atoms. The lowest BCUT2D eigenvalue weighted by atomic mass is 10.1. The molecule has 0 atom stereocenters. The van der Waals surface area contributed by atoms with Crippen LogP contribution < -0.4 is 0 Å². The van der Waals surface area contributed by atoms with Crippen LogP contribution in [-0.2, 0) is 0 Å². The molecular formula is C14H18N2. The summed E-state index contributed by atoms with van der Waals surface area (Å²) in [6.07, 6.45) is 5.73. The van der Waals surface area contributed by atoms with E-state index in [4.69, 9.17) is 0 Å². The molecule has 1 N–H and O–H groups in total. The highest BCUT2D eigenvalue weighted by atomic mass is 15.1. The molecule has 0 aliphatic carbocycles. The number of nitrogens with one attached hydrogen (secondary N) is 1. The van der Waals surface area contributed by atoms with Crippen LogP contribution in [0.4, 0.5) is 0 Å². The summed E-state index contributed by atoms with van der Waals surface area (Å²) in [4.78, 5) is 0. The fourth-order valence-corrected chi connectivity index (χ4v) is 1.97. The van der Waals surface area contributed by atoms with Crippen LogP contribution in [0.5, 0.6) is 0 Å². The normalized spacial score (nSPS) is 12.2. The van der Waals surface area contributed by atoms with E-state index >= 15 is 0 Å². The van der Waals surface area contributed by atoms with Gasteiger partial charge in [-0.05, 0) is 25.0 Å². The number of nitrogens with zero attached hydrogens (tertiary/aromatic N) is 1. The number of aromatic amines is 1. The molecule has 0 aliphatic heterocycles. The zero-order chi connectivity index (χ0) is 11.4. The minimum atomic E-state index is 1.04. The Bertz CT molecular complexity index is 494. The van der Waals surface area contributed by atoms with Crippen LogP contribution >= 0.6 is 0 Å². The molecule has 2 nitrogen and oxygen atoms in total. The van der Waals surface area contributed by atoms with Gasteiger partial charge in [0, 0.05) is 5.39 Å². The smallest absolute Gasteiger partial charge is 0.0927 e. The van der Waals surface area contributed by atoms with Crippen molar-refractivity contribution in [1.82, 2.24) is 10.2 Å². The van der Waals surface area contributed by atoms with Crippen molar-refractivity contribution < 1.29 is 0 Å². The van der Waals surface area contributed by atoms with Crippen LogP contribution in [0.15, 0.2) is 29.8 Å². The largest absolute Gasteiger partial charge is 0.277 e. The second-order valence-corrected chi connectivity index (χ2v) is 4.06. The summed E-state index contributed by atoms with van der Waals surface area (Å²) >= 11 is 0. The van der Waals surface area contributed by atoms with Crippen LogP contribution in [0.1, 0.15) is 38.8 Å². The van der Waals surface area contributed by atoms with Gasteiger partial charge in [0.15, 0.2) is 0 Å². The second-order valence-electron chi connectivity index (χ2n) is 4.06. The number of fused-ring (bicyclic) bond motifs is 1. The van der Waals surface area contributed by atoms with E-state index in [-0.39, 0.29) is 0 Å². The maximum Gasteiger partial charge on any atom is 0.0927 e. The Morgan fingerprint density at radius 3 is 2.88 bits per heavy atom. The van der Waals surface area contributed by atoms with Crippen LogP contribution in [0.2, 0.25) is 0 Å². The molecule has 1 aromatic carbocycles. The third kappa shape index (κ3) is 2.16. The SMILES string of the molecule is CCC/C(=C\c1[nH]nc2ccccc12)CC. The Morgan fingerprint density at radius 2 is 2.12 bits per heavy atom. The summed E-state index contributed by atoms with van der Waals surface area (Å²) in [5.74, 6) is 0. The van der Waals surface area contributed by atoms with Crippen LogP contribution in [0.25, 0.3) is 17.0 Å². The van der Waals surface area contributed by atoms with Gasteiger partial charge in [0.05, 0.1) is 11.2 Å². The van der Waals surface area contributed by atoms with Crippen molar-refractivity contribution in [2.24, 2.45) is 0 Å². The van der Waals surface area contributed by atoms with Crippen molar-refractivity contribution in [3.05, 3.63) is 35.5 Å². The number of hydrogen-bond donors (Lipinski definition) is 1. The fourth-order valence-electron chi connectivity index (χ4n) is 1.97. The van der Waals surface area contributed by atoms with Gasteiger partial charge in [-0.25, -0.2) is 0 Å². The van der Waals surface area contributed by atoms with Gasteiger partial charge in [-0.2, -0.15) is 5.10 Å². The molecule has 0 radical (unpaired) electrons. The molecule has 0 aliphatic rings. The lowest BCUT2D eigenvalue weighted by Gasteiger charge is -2.01. The van der Waals surface area contributed by atoms with E-state index in [0.29, 0.717) is 0 Å². The molecule has 0 bridgehead atoms. The zero-order valence-electron chi connectivity index (χ0n) is 9.96. The lowest BCUT2D eigenvalue weighted by Crippen LogP contribution is -1.82. The monoisotopic (exact) mass is 214 g/mol. The Balaban J connectivity index is 2.39. The Labute approximate surface area is 96.4 Å². The molecule has 0 fully saturated rings. The number of benzene rings is 1. The van der Waals surface area contributed by atoms with E-state index in [1.165, 1.54) is 23.8 Å². The van der Waals surface area contributed by atoms with Crippen molar-refractivity contribution in [1.29, 1.82) is 0 Å². The van der Waals surface area contributed by atoms with Gasteiger partial charge in [-0.15, -0.1) is 0 Å². The van der Waals surface area contributed by atoms with E-state index in [9.17, 15) is 0 Å². The minimum absolute atomic E-state index is 1.04. The summed E-state index contributed by atoms with van der Waals surface area (Å²) in [7, 11) is 0. The van der Waals surface area contributed by atoms with Crippen molar-refractivity contribution >= 4 is 17.0 Å². The quantitative estimate of drug-likeness (QED) is 0.813. The average molecular weight is 214 g/mol. The van der Waals surface area contributed by atoms with Crippen LogP contribution in [0, 0.1) is 0 Å². The molecule has 0 amide bonds. The first kappa shape index (κ1) is 10.9. The summed E-state index contributed by atoms with van der Waals surface area (Å²) in [5, 5.41) is 8.62. The highest BCUT2D eigenvalue weighted by Gasteiger charge is 2.02. The highest BCUT2D eigenvalue weighted by Crippen LogP contribution is 2.20. The van der Waals surface area contributed by atoms with Crippen molar-refractivity contribution in [2.45, 2.75) is 33.1 Å². The number of para-hydroxylation sites is 1. The Kier molecular flexibility index (Phi) is 3.40. The third-order valence-corrected chi connectivity index (χ3v) is 2.86. The van der Waals surface area contributed by atoms with E-state index in [1.54, 1.807) is 0 Å². The molecule has 2 rings (SSSR count). The van der Waals surface area contributed by atoms with E-state index in [1.807, 2.05) is 12.1 Å². The predicted octanol–water partition coefficient (Wildman–Crippen LogP) is 4.16. The van der Waals surface area contributed by atoms with Crippen LogP contribution in [0.3, 0.4) is 0 Å². The Morgan fingerprint density at radius 1 is 1.31 bits per heavy atom. The maximum absolute atomic E-state index is 4.30. The maximum atomic E-state index is 4.30. The van der Waals surface area contributed by atoms with E-state index in [0.717, 1.165) is 17.6 Å². The lowest BCUT2D eigenvalue weighted by molar-refractivity contribution is 0.865. The van der Waals surface area contributed by atoms with Gasteiger partial charge >= 0.3 is 0 Å². The van der Waals surface area contributed by atoms with Gasteiger partial charge < -0.3 is 0 Å². The van der Waals surface area contributed by atoms with Crippen molar-refractivity contribution in [3.63, 3.8) is 0 Å². The van der Waals surface area contributed by atoms with Crippen LogP contribution in [-0.4, -0.2) is 10.2 Å². The average Bonchev–Trinajstić information content (AvgIpc) is 2.72. The topological polar surface area (TPSA) is 28.7 Å². The highest BCUT2D eigenvalue weighted by molar-refractivity contribution is 5.86. The molecule has 1 heterocycles. The summed E-state index contributed by atoms with van der Waals surface area (Å²) < 4.78 is 0. The minimum Gasteiger partial charge on any atom is -0.277 e. The number of allylic oxidation sites excluding steroid dienone is 1. The first-order valence-corrected chi connectivity index (χ1v) is 5.97. The molecular weight excluding hydrogens is 196 g/mol. The first-order chi connectivity index (χ1) is 7.85. The summed E-state index contributed by atoms with van der Waals surface area (Å²) in [6.45, 7) is 4.43. The standard InChI is InChI=1S/C14H18N2/c1-3-7-11(4-2)10-14-12-8-5-6-9-13(12)15-16-14/h5-6,8-10H,3-4,7H2,1-2H3,(H,15,16)/b11-10-. The molecule has 84 valence electrons. The number of aromatic nitrogens is 2. The van der Waals surface area contributed by atoms with Gasteiger partial charge in [0.2, 0.25) is 0 Å². The Hall–Kier alpha value is -1.57. The van der Waals surface area contributed by atoms with Gasteiger partial charge in [0.1, 0.15) is 0 Å². The second kappa shape index (κ2) is 4.97. The fraction of sp³-hybridized carbons (Fsp3) is 0.357. The number of hydrogen-bond acceptors (Lipinski definition) is 1. The molecule has 0 unspecified atom stereocenters. The molecule has 2 aromatic rings. The van der Waals surface area contributed by atoms with Gasteiger partial charge in [-0.1, -0.05) is 44.0 Å². The van der Waals surface area contributed by atoms with E-state index < -0.39 is 0 Å². The summed E-state index contributed by atoms with van der Waals surface area (Å²) in [6, 6.07) is 8.22. The summed E-state index contributed by atoms with van der Waals surface area (Å²) in [5.41, 5.74) is 3.67. The molecule has 2 heteroatoms. The van der Waals surface area contributed by atoms with Crippen molar-refractivity contribution in [3.8, 4) is 0 Å². The van der Waals surface area contributed by atoms with E-state index in [2.05, 4.69) is 42.3 Å². The molecule has 1 aromatic heterocycles. The van der Waals surface area contributed by atoms with Gasteiger partial charge in [0.25, 0.3) is 0 Å². The van der Waals surface area contributed by atoms with Crippen molar-refractivity contribution in [2.75, 3.05) is 0 Å². The molecule has 0 spiro atoms. The molecule has 0 saturated carbocycles. The predicted molar refractivity (Wildman–Crippen MR) is 69.3 cm³/mol. The number of rotatable bonds is 4. The van der Waals surface area contributed by atoms with Gasteiger partial charge in [-0.3, -0.25) is 5.10 Å². The number of H-pyrrole nitrogens is 1. The zero-order valence-corrected chi connectivity index (χ0v) is 9.96.